The third-order valence-corrected chi connectivity index (χ3v) is 2.16. The number of benzene rings is 1. The molecular formula is C12H12F4O2. The van der Waals surface area contributed by atoms with Gasteiger partial charge < -0.3 is 4.74 Å². The minimum absolute atomic E-state index is 0.0916. The summed E-state index contributed by atoms with van der Waals surface area (Å²) in [6.07, 6.45) is -3.26. The molecule has 0 bridgehead atoms. The summed E-state index contributed by atoms with van der Waals surface area (Å²) in [5, 5.41) is 0. The van der Waals surface area contributed by atoms with Gasteiger partial charge in [-0.2, -0.15) is 13.2 Å². The summed E-state index contributed by atoms with van der Waals surface area (Å²) in [5.74, 6) is -2.19. The van der Waals surface area contributed by atoms with E-state index in [0.29, 0.717) is 18.6 Å². The Morgan fingerprint density at radius 3 is 2.50 bits per heavy atom. The van der Waals surface area contributed by atoms with E-state index >= 15 is 0 Å². The fourth-order valence-electron chi connectivity index (χ4n) is 1.29. The Labute approximate surface area is 102 Å². The molecule has 0 spiro atoms. The Morgan fingerprint density at radius 2 is 1.94 bits per heavy atom. The molecule has 1 aromatic carbocycles. The first kappa shape index (κ1) is 14.5. The molecule has 0 aliphatic heterocycles. The molecule has 0 unspecified atom stereocenters. The molecule has 2 nitrogen and oxygen atoms in total. The summed E-state index contributed by atoms with van der Waals surface area (Å²) in [5.41, 5.74) is -1.18. The van der Waals surface area contributed by atoms with Crippen LogP contribution in [0.4, 0.5) is 17.6 Å². The van der Waals surface area contributed by atoms with Crippen LogP contribution in [0.2, 0.25) is 0 Å². The van der Waals surface area contributed by atoms with Crippen LogP contribution in [0, 0.1) is 5.82 Å². The van der Waals surface area contributed by atoms with E-state index in [2.05, 4.69) is 4.74 Å². The van der Waals surface area contributed by atoms with Gasteiger partial charge in [-0.3, -0.25) is 4.79 Å². The van der Waals surface area contributed by atoms with Gasteiger partial charge in [0, 0.05) is 12.5 Å². The van der Waals surface area contributed by atoms with Gasteiger partial charge in [0.15, 0.2) is 0 Å². The zero-order valence-corrected chi connectivity index (χ0v) is 9.68. The number of carbonyl (C=O) groups is 1. The highest BCUT2D eigenvalue weighted by Gasteiger charge is 2.31. The van der Waals surface area contributed by atoms with E-state index in [1.54, 1.807) is 0 Å². The summed E-state index contributed by atoms with van der Waals surface area (Å²) in [6.45, 7) is 1.86. The topological polar surface area (TPSA) is 26.3 Å². The highest BCUT2D eigenvalue weighted by molar-refractivity contribution is 5.72. The molecule has 0 atom stereocenters. The van der Waals surface area contributed by atoms with E-state index in [-0.39, 0.29) is 6.42 Å². The highest BCUT2D eigenvalue weighted by Crippen LogP contribution is 2.32. The van der Waals surface area contributed by atoms with Crippen LogP contribution in [0.3, 0.4) is 0 Å². The summed E-state index contributed by atoms with van der Waals surface area (Å²) < 4.78 is 54.8. The molecule has 1 aromatic rings. The molecule has 6 heteroatoms. The standard InChI is InChI=1S/C12H12F4O2/c1-2-3-4-11(17)18-10-6-8(12(14,15)16)5-9(13)7-10/h5-7H,2-4H2,1H3. The molecule has 18 heavy (non-hydrogen) atoms. The molecule has 0 amide bonds. The fraction of sp³-hybridized carbons (Fsp3) is 0.417. The van der Waals surface area contributed by atoms with Crippen LogP contribution in [0.25, 0.3) is 0 Å². The van der Waals surface area contributed by atoms with Crippen molar-refractivity contribution >= 4 is 5.97 Å². The molecule has 100 valence electrons. The van der Waals surface area contributed by atoms with Crippen LogP contribution >= 0.6 is 0 Å². The Morgan fingerprint density at radius 1 is 1.28 bits per heavy atom. The third kappa shape index (κ3) is 4.35. The van der Waals surface area contributed by atoms with Gasteiger partial charge in [-0.05, 0) is 18.6 Å². The van der Waals surface area contributed by atoms with Crippen LogP contribution in [0.1, 0.15) is 31.7 Å². The number of hydrogen-bond donors (Lipinski definition) is 0. The normalized spacial score (nSPS) is 11.4. The van der Waals surface area contributed by atoms with Crippen molar-refractivity contribution in [2.24, 2.45) is 0 Å². The Kier molecular flexibility index (Phi) is 4.69. The number of alkyl halides is 3. The lowest BCUT2D eigenvalue weighted by Gasteiger charge is -2.09. The number of ether oxygens (including phenoxy) is 1. The lowest BCUT2D eigenvalue weighted by molar-refractivity contribution is -0.139. The molecule has 0 saturated carbocycles. The van der Waals surface area contributed by atoms with E-state index in [0.717, 1.165) is 12.5 Å². The van der Waals surface area contributed by atoms with Crippen molar-refractivity contribution in [3.63, 3.8) is 0 Å². The first-order valence-electron chi connectivity index (χ1n) is 5.41. The van der Waals surface area contributed by atoms with Crippen molar-refractivity contribution in [1.82, 2.24) is 0 Å². The van der Waals surface area contributed by atoms with Crippen LogP contribution in [-0.2, 0) is 11.0 Å². The molecule has 1 rings (SSSR count). The van der Waals surface area contributed by atoms with E-state index in [9.17, 15) is 22.4 Å². The Balaban J connectivity index is 2.84. The molecule has 0 aliphatic rings. The monoisotopic (exact) mass is 264 g/mol. The van der Waals surface area contributed by atoms with Crippen LogP contribution in [-0.4, -0.2) is 5.97 Å². The van der Waals surface area contributed by atoms with Crippen molar-refractivity contribution in [3.8, 4) is 5.75 Å². The summed E-state index contributed by atoms with van der Waals surface area (Å²) in [7, 11) is 0. The Hall–Kier alpha value is -1.59. The van der Waals surface area contributed by atoms with Gasteiger partial charge in [0.25, 0.3) is 0 Å². The summed E-state index contributed by atoms with van der Waals surface area (Å²) in [4.78, 5) is 11.2. The Bertz CT molecular complexity index is 427. The molecule has 0 aromatic heterocycles. The van der Waals surface area contributed by atoms with Gasteiger partial charge in [-0.1, -0.05) is 13.3 Å². The van der Waals surface area contributed by atoms with Gasteiger partial charge in [0.2, 0.25) is 0 Å². The molecule has 0 N–H and O–H groups in total. The number of hydrogen-bond acceptors (Lipinski definition) is 2. The van der Waals surface area contributed by atoms with Crippen molar-refractivity contribution in [2.45, 2.75) is 32.4 Å². The SMILES string of the molecule is CCCCC(=O)Oc1cc(F)cc(C(F)(F)F)c1. The molecular weight excluding hydrogens is 252 g/mol. The second-order valence-corrected chi connectivity index (χ2v) is 3.75. The maximum Gasteiger partial charge on any atom is 0.416 e. The number of carbonyl (C=O) groups excluding carboxylic acids is 1. The second-order valence-electron chi connectivity index (χ2n) is 3.75. The lowest BCUT2D eigenvalue weighted by Crippen LogP contribution is -2.10. The van der Waals surface area contributed by atoms with Crippen molar-refractivity contribution in [3.05, 3.63) is 29.6 Å². The largest absolute Gasteiger partial charge is 0.426 e. The maximum absolute atomic E-state index is 13.0. The smallest absolute Gasteiger partial charge is 0.416 e. The molecule has 0 aliphatic carbocycles. The summed E-state index contributed by atoms with van der Waals surface area (Å²) >= 11 is 0. The number of esters is 1. The molecule has 0 radical (unpaired) electrons. The van der Waals surface area contributed by atoms with Gasteiger partial charge in [0.05, 0.1) is 5.56 Å². The van der Waals surface area contributed by atoms with Gasteiger partial charge >= 0.3 is 12.1 Å². The van der Waals surface area contributed by atoms with E-state index < -0.39 is 29.3 Å². The van der Waals surface area contributed by atoms with Crippen molar-refractivity contribution < 1.29 is 27.1 Å². The third-order valence-electron chi connectivity index (χ3n) is 2.16. The average molecular weight is 264 g/mol. The van der Waals surface area contributed by atoms with E-state index in [1.807, 2.05) is 6.92 Å². The first-order chi connectivity index (χ1) is 8.32. The lowest BCUT2D eigenvalue weighted by atomic mass is 10.2. The highest BCUT2D eigenvalue weighted by atomic mass is 19.4. The average Bonchev–Trinajstić information content (AvgIpc) is 2.24. The summed E-state index contributed by atoms with van der Waals surface area (Å²) in [6, 6.07) is 1.70. The van der Waals surface area contributed by atoms with Crippen LogP contribution < -0.4 is 4.74 Å². The zero-order chi connectivity index (χ0) is 13.8. The number of rotatable bonds is 4. The predicted octanol–water partition coefficient (Wildman–Crippen LogP) is 3.94. The molecule has 0 saturated heterocycles. The fourth-order valence-corrected chi connectivity index (χ4v) is 1.29. The first-order valence-corrected chi connectivity index (χ1v) is 5.41. The zero-order valence-electron chi connectivity index (χ0n) is 9.68. The molecule has 0 fully saturated rings. The van der Waals surface area contributed by atoms with Crippen LogP contribution in [0.5, 0.6) is 5.75 Å². The van der Waals surface area contributed by atoms with Gasteiger partial charge in [0.1, 0.15) is 11.6 Å². The van der Waals surface area contributed by atoms with E-state index in [4.69, 9.17) is 0 Å². The van der Waals surface area contributed by atoms with Crippen molar-refractivity contribution in [2.75, 3.05) is 0 Å². The quantitative estimate of drug-likeness (QED) is 0.467. The van der Waals surface area contributed by atoms with E-state index in [1.165, 1.54) is 0 Å². The maximum atomic E-state index is 13.0. The number of unbranched alkanes of at least 4 members (excludes halogenated alkanes) is 1. The number of halogens is 4. The second kappa shape index (κ2) is 5.84. The van der Waals surface area contributed by atoms with Gasteiger partial charge in [-0.25, -0.2) is 4.39 Å². The van der Waals surface area contributed by atoms with Crippen molar-refractivity contribution in [1.29, 1.82) is 0 Å². The predicted molar refractivity (Wildman–Crippen MR) is 56.6 cm³/mol. The minimum Gasteiger partial charge on any atom is -0.426 e. The molecule has 0 heterocycles. The van der Waals surface area contributed by atoms with Crippen LogP contribution in [0.15, 0.2) is 18.2 Å². The van der Waals surface area contributed by atoms with Gasteiger partial charge in [-0.15, -0.1) is 0 Å². The minimum atomic E-state index is -4.67.